The molecular formula is C24H33FN2O3S. The van der Waals surface area contributed by atoms with E-state index in [2.05, 4.69) is 25.3 Å². The predicted molar refractivity (Wildman–Crippen MR) is 122 cm³/mol. The Morgan fingerprint density at radius 3 is 2.87 bits per heavy atom. The van der Waals surface area contributed by atoms with Crippen LogP contribution >= 0.6 is 11.3 Å². The first kappa shape index (κ1) is 23.7. The molecule has 0 saturated carbocycles. The number of hydrogen-bond acceptors (Lipinski definition) is 5. The second-order valence-corrected chi connectivity index (χ2v) is 9.69. The van der Waals surface area contributed by atoms with Crippen LogP contribution in [0.25, 0.3) is 0 Å². The fourth-order valence-electron chi connectivity index (χ4n) is 3.94. The zero-order valence-corrected chi connectivity index (χ0v) is 19.4. The second kappa shape index (κ2) is 11.1. The number of rotatable bonds is 10. The number of nitrogens with zero attached hydrogens (tertiary/aromatic N) is 2. The number of aliphatic hydroxyl groups is 1. The van der Waals surface area contributed by atoms with Crippen molar-refractivity contribution in [2.24, 2.45) is 5.92 Å². The first-order valence-corrected chi connectivity index (χ1v) is 11.9. The van der Waals surface area contributed by atoms with Crippen molar-refractivity contribution in [3.63, 3.8) is 0 Å². The summed E-state index contributed by atoms with van der Waals surface area (Å²) in [6.07, 6.45) is 1.31. The number of halogens is 1. The Morgan fingerprint density at radius 2 is 2.16 bits per heavy atom. The number of aliphatic hydroxyl groups excluding tert-OH is 1. The smallest absolute Gasteiger partial charge is 0.237 e. The van der Waals surface area contributed by atoms with Gasteiger partial charge in [0.2, 0.25) is 5.91 Å². The largest absolute Gasteiger partial charge is 0.491 e. The molecule has 31 heavy (non-hydrogen) atoms. The molecule has 1 N–H and O–H groups in total. The Labute approximate surface area is 188 Å². The lowest BCUT2D eigenvalue weighted by molar-refractivity contribution is -0.136. The van der Waals surface area contributed by atoms with Crippen molar-refractivity contribution in [1.29, 1.82) is 0 Å². The Hall–Kier alpha value is -1.96. The van der Waals surface area contributed by atoms with Crippen LogP contribution in [0, 0.1) is 11.7 Å². The molecule has 0 radical (unpaired) electrons. The fourth-order valence-corrected chi connectivity index (χ4v) is 4.87. The number of benzene rings is 1. The maximum atomic E-state index is 13.5. The molecule has 1 aliphatic rings. The van der Waals surface area contributed by atoms with E-state index in [1.54, 1.807) is 30.4 Å². The van der Waals surface area contributed by atoms with Gasteiger partial charge in [-0.15, -0.1) is 11.3 Å². The number of hydrogen-bond donors (Lipinski definition) is 1. The predicted octanol–water partition coefficient (Wildman–Crippen LogP) is 4.12. The molecule has 0 unspecified atom stereocenters. The minimum atomic E-state index is -0.489. The first-order valence-electron chi connectivity index (χ1n) is 11.0. The molecule has 170 valence electrons. The van der Waals surface area contributed by atoms with Gasteiger partial charge in [0, 0.05) is 24.0 Å². The van der Waals surface area contributed by atoms with E-state index in [1.807, 2.05) is 9.80 Å². The third-order valence-electron chi connectivity index (χ3n) is 5.52. The van der Waals surface area contributed by atoms with Gasteiger partial charge in [0.05, 0.1) is 18.7 Å². The van der Waals surface area contributed by atoms with Crippen LogP contribution < -0.4 is 4.74 Å². The van der Waals surface area contributed by atoms with Crippen LogP contribution in [-0.2, 0) is 11.2 Å². The van der Waals surface area contributed by atoms with Gasteiger partial charge in [-0.1, -0.05) is 19.9 Å². The van der Waals surface area contributed by atoms with Gasteiger partial charge in [0.25, 0.3) is 0 Å². The number of amides is 1. The highest BCUT2D eigenvalue weighted by atomic mass is 32.1. The summed E-state index contributed by atoms with van der Waals surface area (Å²) in [4.78, 5) is 18.5. The lowest BCUT2D eigenvalue weighted by Gasteiger charge is -2.37. The number of ether oxygens (including phenoxy) is 1. The first-order chi connectivity index (χ1) is 14.8. The zero-order chi connectivity index (χ0) is 22.4. The molecular weight excluding hydrogens is 415 g/mol. The average molecular weight is 449 g/mol. The van der Waals surface area contributed by atoms with E-state index >= 15 is 0 Å². The van der Waals surface area contributed by atoms with Crippen LogP contribution in [0.15, 0.2) is 35.7 Å². The van der Waals surface area contributed by atoms with Gasteiger partial charge in [-0.05, 0) is 61.4 Å². The number of fused-ring (bicyclic) bond motifs is 1. The SMILES string of the molecule is CC(C)CCN(CC(=O)N1CCc2sccc2[C@@H]1COc1cccc(F)c1)C[C@@H](C)O. The van der Waals surface area contributed by atoms with Crippen molar-refractivity contribution < 1.29 is 19.0 Å². The van der Waals surface area contributed by atoms with Crippen molar-refractivity contribution in [3.8, 4) is 5.75 Å². The molecule has 2 aromatic rings. The Bertz CT molecular complexity index is 855. The van der Waals surface area contributed by atoms with Gasteiger partial charge in [0.15, 0.2) is 0 Å². The van der Waals surface area contributed by atoms with E-state index in [4.69, 9.17) is 4.74 Å². The van der Waals surface area contributed by atoms with Gasteiger partial charge in [-0.25, -0.2) is 4.39 Å². The summed E-state index contributed by atoms with van der Waals surface area (Å²) in [5.41, 5.74) is 1.12. The molecule has 2 atom stereocenters. The lowest BCUT2D eigenvalue weighted by atomic mass is 10.0. The molecule has 0 bridgehead atoms. The number of thiophene rings is 1. The molecule has 0 fully saturated rings. The summed E-state index contributed by atoms with van der Waals surface area (Å²) in [5, 5.41) is 11.9. The van der Waals surface area contributed by atoms with Crippen molar-refractivity contribution in [2.75, 3.05) is 32.8 Å². The van der Waals surface area contributed by atoms with Crippen LogP contribution in [0.2, 0.25) is 0 Å². The van der Waals surface area contributed by atoms with E-state index in [0.717, 1.165) is 24.9 Å². The van der Waals surface area contributed by atoms with E-state index in [0.29, 0.717) is 24.8 Å². The van der Waals surface area contributed by atoms with Crippen molar-refractivity contribution >= 4 is 17.2 Å². The zero-order valence-electron chi connectivity index (χ0n) is 18.6. The van der Waals surface area contributed by atoms with Gasteiger partial charge in [-0.3, -0.25) is 9.69 Å². The molecule has 0 spiro atoms. The Morgan fingerprint density at radius 1 is 1.35 bits per heavy atom. The molecule has 0 saturated heterocycles. The molecule has 1 aliphatic heterocycles. The maximum absolute atomic E-state index is 13.5. The molecule has 0 aliphatic carbocycles. The molecule has 7 heteroatoms. The Kier molecular flexibility index (Phi) is 8.46. The summed E-state index contributed by atoms with van der Waals surface area (Å²) in [5.74, 6) is 0.683. The van der Waals surface area contributed by atoms with E-state index in [1.165, 1.54) is 17.0 Å². The van der Waals surface area contributed by atoms with Gasteiger partial charge < -0.3 is 14.7 Å². The minimum Gasteiger partial charge on any atom is -0.491 e. The third-order valence-corrected chi connectivity index (χ3v) is 6.52. The molecule has 3 rings (SSSR count). The maximum Gasteiger partial charge on any atom is 0.237 e. The summed E-state index contributed by atoms with van der Waals surface area (Å²) in [6.45, 7) is 8.50. The van der Waals surface area contributed by atoms with E-state index < -0.39 is 6.10 Å². The van der Waals surface area contributed by atoms with Gasteiger partial charge >= 0.3 is 0 Å². The van der Waals surface area contributed by atoms with Crippen LogP contribution in [0.1, 0.15) is 43.7 Å². The molecule has 1 aromatic heterocycles. The Balaban J connectivity index is 1.72. The lowest BCUT2D eigenvalue weighted by Crippen LogP contribution is -2.47. The highest BCUT2D eigenvalue weighted by Gasteiger charge is 2.33. The quantitative estimate of drug-likeness (QED) is 0.594. The van der Waals surface area contributed by atoms with E-state index in [-0.39, 0.29) is 30.9 Å². The van der Waals surface area contributed by atoms with E-state index in [9.17, 15) is 14.3 Å². The van der Waals surface area contributed by atoms with Crippen molar-refractivity contribution in [1.82, 2.24) is 9.80 Å². The number of carbonyl (C=O) groups is 1. The van der Waals surface area contributed by atoms with Crippen LogP contribution in [0.4, 0.5) is 4.39 Å². The molecule has 1 amide bonds. The topological polar surface area (TPSA) is 53.0 Å². The summed E-state index contributed by atoms with van der Waals surface area (Å²) < 4.78 is 19.4. The third kappa shape index (κ3) is 6.76. The minimum absolute atomic E-state index is 0.0362. The van der Waals surface area contributed by atoms with Crippen LogP contribution in [0.5, 0.6) is 5.75 Å². The van der Waals surface area contributed by atoms with Gasteiger partial charge in [0.1, 0.15) is 18.2 Å². The molecule has 2 heterocycles. The normalized spacial score (nSPS) is 17.1. The van der Waals surface area contributed by atoms with Gasteiger partial charge in [-0.2, -0.15) is 0 Å². The fraction of sp³-hybridized carbons (Fsp3) is 0.542. The highest BCUT2D eigenvalue weighted by Crippen LogP contribution is 2.34. The second-order valence-electron chi connectivity index (χ2n) is 8.69. The average Bonchev–Trinajstić information content (AvgIpc) is 3.18. The summed E-state index contributed by atoms with van der Waals surface area (Å²) >= 11 is 1.70. The highest BCUT2D eigenvalue weighted by molar-refractivity contribution is 7.10. The molecule has 5 nitrogen and oxygen atoms in total. The van der Waals surface area contributed by atoms with Crippen molar-refractivity contribution in [3.05, 3.63) is 52.0 Å². The summed E-state index contributed by atoms with van der Waals surface area (Å²) in [6, 6.07) is 7.94. The molecule has 1 aromatic carbocycles. The number of carbonyl (C=O) groups excluding carboxylic acids is 1. The van der Waals surface area contributed by atoms with Crippen LogP contribution in [-0.4, -0.2) is 59.7 Å². The van der Waals surface area contributed by atoms with Crippen molar-refractivity contribution in [2.45, 2.75) is 45.8 Å². The monoisotopic (exact) mass is 448 g/mol. The summed E-state index contributed by atoms with van der Waals surface area (Å²) in [7, 11) is 0. The standard InChI is InChI=1S/C24H33FN2O3S/c1-17(2)7-10-26(14-18(3)28)15-24(29)27-11-8-23-21(9-12-31-23)22(27)16-30-20-6-4-5-19(25)13-20/h4-6,9,12-13,17-18,22,28H,7-8,10-11,14-16H2,1-3H3/t18-,22+/m1/s1. The van der Waals surface area contributed by atoms with Crippen LogP contribution in [0.3, 0.4) is 0 Å².